The van der Waals surface area contributed by atoms with Crippen LogP contribution < -0.4 is 10.6 Å². The van der Waals surface area contributed by atoms with Crippen LogP contribution in [0.1, 0.15) is 26.2 Å². The second-order valence-corrected chi connectivity index (χ2v) is 7.65. The molecule has 1 atom stereocenters. The zero-order valence-electron chi connectivity index (χ0n) is 16.2. The zero-order valence-corrected chi connectivity index (χ0v) is 16.2. The van der Waals surface area contributed by atoms with E-state index in [1.807, 2.05) is 7.05 Å². The average molecular weight is 339 g/mol. The van der Waals surface area contributed by atoms with Gasteiger partial charge < -0.3 is 20.4 Å². The molecule has 0 aromatic carbocycles. The lowest BCUT2D eigenvalue weighted by atomic mass is 9.99. The van der Waals surface area contributed by atoms with Gasteiger partial charge in [-0.1, -0.05) is 6.92 Å². The first-order valence-corrected chi connectivity index (χ1v) is 9.64. The van der Waals surface area contributed by atoms with Gasteiger partial charge in [0.25, 0.3) is 0 Å². The highest BCUT2D eigenvalue weighted by molar-refractivity contribution is 5.79. The van der Waals surface area contributed by atoms with E-state index in [9.17, 15) is 0 Å². The molecule has 2 aliphatic heterocycles. The van der Waals surface area contributed by atoms with Crippen molar-refractivity contribution in [1.82, 2.24) is 25.3 Å². The van der Waals surface area contributed by atoms with E-state index < -0.39 is 0 Å². The summed E-state index contributed by atoms with van der Waals surface area (Å²) in [6, 6.07) is 0.553. The van der Waals surface area contributed by atoms with Crippen LogP contribution in [0.25, 0.3) is 0 Å². The second-order valence-electron chi connectivity index (χ2n) is 7.65. The van der Waals surface area contributed by atoms with Gasteiger partial charge in [-0.3, -0.25) is 9.89 Å². The van der Waals surface area contributed by atoms with Crippen LogP contribution in [0.4, 0.5) is 0 Å². The minimum absolute atomic E-state index is 0.553. The van der Waals surface area contributed by atoms with Gasteiger partial charge in [0, 0.05) is 45.8 Å². The first-order valence-electron chi connectivity index (χ1n) is 9.64. The molecule has 0 spiro atoms. The van der Waals surface area contributed by atoms with Crippen molar-refractivity contribution < 1.29 is 0 Å². The van der Waals surface area contributed by atoms with Crippen molar-refractivity contribution in [3.63, 3.8) is 0 Å². The molecule has 1 unspecified atom stereocenters. The third kappa shape index (κ3) is 6.57. The van der Waals surface area contributed by atoms with Gasteiger partial charge in [-0.15, -0.1) is 0 Å². The first-order chi connectivity index (χ1) is 11.6. The Morgan fingerprint density at radius 3 is 2.54 bits per heavy atom. The Balaban J connectivity index is 1.58. The second kappa shape index (κ2) is 10.2. The lowest BCUT2D eigenvalue weighted by Crippen LogP contribution is -2.55. The molecule has 2 aliphatic rings. The van der Waals surface area contributed by atoms with Gasteiger partial charge in [0.1, 0.15) is 0 Å². The highest BCUT2D eigenvalue weighted by Gasteiger charge is 2.22. The van der Waals surface area contributed by atoms with Crippen molar-refractivity contribution >= 4 is 5.96 Å². The van der Waals surface area contributed by atoms with Gasteiger partial charge in [-0.05, 0) is 58.9 Å². The fourth-order valence-electron chi connectivity index (χ4n) is 3.55. The number of nitrogens with zero attached hydrogens (tertiary/aromatic N) is 4. The molecule has 6 nitrogen and oxygen atoms in total. The smallest absolute Gasteiger partial charge is 0.191 e. The number of piperazine rings is 1. The van der Waals surface area contributed by atoms with E-state index in [0.29, 0.717) is 6.04 Å². The van der Waals surface area contributed by atoms with E-state index in [0.717, 1.165) is 44.6 Å². The summed E-state index contributed by atoms with van der Waals surface area (Å²) in [5, 5.41) is 6.95. The molecule has 0 bridgehead atoms. The number of rotatable bonds is 6. The molecule has 2 fully saturated rings. The number of hydrogen-bond acceptors (Lipinski definition) is 4. The molecule has 2 N–H and O–H groups in total. The standard InChI is InChI=1S/C18H38N6/c1-16-6-10-24(11-7-16)9-5-8-20-18(19-2)21-14-17-15-22(3)12-13-23(17)4/h16-17H,5-15H2,1-4H3,(H2,19,20,21). The lowest BCUT2D eigenvalue weighted by Gasteiger charge is -2.37. The van der Waals surface area contributed by atoms with Crippen LogP contribution in [0.15, 0.2) is 4.99 Å². The third-order valence-corrected chi connectivity index (χ3v) is 5.53. The molecule has 6 heteroatoms. The van der Waals surface area contributed by atoms with Gasteiger partial charge >= 0.3 is 0 Å². The summed E-state index contributed by atoms with van der Waals surface area (Å²) in [7, 11) is 6.28. The van der Waals surface area contributed by atoms with Crippen LogP contribution in [-0.2, 0) is 0 Å². The largest absolute Gasteiger partial charge is 0.356 e. The van der Waals surface area contributed by atoms with E-state index >= 15 is 0 Å². The summed E-state index contributed by atoms with van der Waals surface area (Å²) in [6.07, 6.45) is 3.90. The van der Waals surface area contributed by atoms with E-state index in [-0.39, 0.29) is 0 Å². The van der Waals surface area contributed by atoms with Crippen molar-refractivity contribution in [3.05, 3.63) is 0 Å². The summed E-state index contributed by atoms with van der Waals surface area (Å²) in [5.74, 6) is 1.85. The van der Waals surface area contributed by atoms with Gasteiger partial charge in [-0.2, -0.15) is 0 Å². The van der Waals surface area contributed by atoms with Gasteiger partial charge in [-0.25, -0.2) is 0 Å². The molecule has 0 saturated carbocycles. The average Bonchev–Trinajstić information content (AvgIpc) is 2.58. The number of likely N-dealkylation sites (tertiary alicyclic amines) is 1. The van der Waals surface area contributed by atoms with Crippen LogP contribution in [0.2, 0.25) is 0 Å². The normalized spacial score (nSPS) is 25.8. The third-order valence-electron chi connectivity index (χ3n) is 5.53. The summed E-state index contributed by atoms with van der Waals surface area (Å²) in [5.41, 5.74) is 0. The molecule has 0 aliphatic carbocycles. The van der Waals surface area contributed by atoms with Crippen LogP contribution in [0, 0.1) is 5.92 Å². The molecule has 0 aromatic rings. The Labute approximate surface area is 148 Å². The molecule has 2 heterocycles. The van der Waals surface area contributed by atoms with E-state index in [1.54, 1.807) is 0 Å². The van der Waals surface area contributed by atoms with Crippen molar-refractivity contribution in [2.75, 3.05) is 73.5 Å². The maximum Gasteiger partial charge on any atom is 0.191 e. The van der Waals surface area contributed by atoms with E-state index in [1.165, 1.54) is 38.9 Å². The highest BCUT2D eigenvalue weighted by atomic mass is 15.3. The van der Waals surface area contributed by atoms with Crippen molar-refractivity contribution in [2.24, 2.45) is 10.9 Å². The zero-order chi connectivity index (χ0) is 17.4. The Morgan fingerprint density at radius 2 is 1.83 bits per heavy atom. The van der Waals surface area contributed by atoms with Gasteiger partial charge in [0.15, 0.2) is 5.96 Å². The summed E-state index contributed by atoms with van der Waals surface area (Å²) >= 11 is 0. The lowest BCUT2D eigenvalue weighted by molar-refractivity contribution is 0.116. The van der Waals surface area contributed by atoms with Crippen molar-refractivity contribution in [1.29, 1.82) is 0 Å². The molecule has 24 heavy (non-hydrogen) atoms. The van der Waals surface area contributed by atoms with E-state index in [2.05, 4.69) is 51.3 Å². The quantitative estimate of drug-likeness (QED) is 0.420. The number of nitrogens with one attached hydrogen (secondary N) is 2. The maximum absolute atomic E-state index is 4.36. The molecule has 0 amide bonds. The molecular formula is C18H38N6. The fraction of sp³-hybridized carbons (Fsp3) is 0.944. The van der Waals surface area contributed by atoms with Crippen molar-refractivity contribution in [2.45, 2.75) is 32.2 Å². The van der Waals surface area contributed by atoms with Crippen LogP contribution in [-0.4, -0.2) is 100 Å². The number of piperidine rings is 1. The van der Waals surface area contributed by atoms with Crippen molar-refractivity contribution in [3.8, 4) is 0 Å². The highest BCUT2D eigenvalue weighted by Crippen LogP contribution is 2.15. The van der Waals surface area contributed by atoms with Crippen LogP contribution >= 0.6 is 0 Å². The molecular weight excluding hydrogens is 300 g/mol. The number of aliphatic imine (C=N–C) groups is 1. The molecule has 2 saturated heterocycles. The number of guanidine groups is 1. The van der Waals surface area contributed by atoms with Gasteiger partial charge in [0.05, 0.1) is 0 Å². The van der Waals surface area contributed by atoms with Crippen LogP contribution in [0.3, 0.4) is 0 Å². The Hall–Kier alpha value is -0.850. The SMILES string of the molecule is CN=C(NCCCN1CCC(C)CC1)NCC1CN(C)CCN1C. The number of hydrogen-bond donors (Lipinski definition) is 2. The Bertz CT molecular complexity index is 378. The van der Waals surface area contributed by atoms with Crippen LogP contribution in [0.5, 0.6) is 0 Å². The first kappa shape index (κ1) is 19.5. The maximum atomic E-state index is 4.36. The topological polar surface area (TPSA) is 46.1 Å². The van der Waals surface area contributed by atoms with E-state index in [4.69, 9.17) is 0 Å². The number of likely N-dealkylation sites (N-methyl/N-ethyl adjacent to an activating group) is 2. The molecule has 0 aromatic heterocycles. The molecule has 2 rings (SSSR count). The minimum Gasteiger partial charge on any atom is -0.356 e. The fourth-order valence-corrected chi connectivity index (χ4v) is 3.55. The molecule has 140 valence electrons. The Kier molecular flexibility index (Phi) is 8.29. The molecule has 0 radical (unpaired) electrons. The predicted molar refractivity (Wildman–Crippen MR) is 103 cm³/mol. The summed E-state index contributed by atoms with van der Waals surface area (Å²) in [4.78, 5) is 11.8. The Morgan fingerprint density at radius 1 is 1.08 bits per heavy atom. The summed E-state index contributed by atoms with van der Waals surface area (Å²) in [6.45, 7) is 11.5. The minimum atomic E-state index is 0.553. The van der Waals surface area contributed by atoms with Gasteiger partial charge in [0.2, 0.25) is 0 Å². The predicted octanol–water partition coefficient (Wildman–Crippen LogP) is 0.519. The monoisotopic (exact) mass is 338 g/mol. The summed E-state index contributed by atoms with van der Waals surface area (Å²) < 4.78 is 0.